The van der Waals surface area contributed by atoms with Gasteiger partial charge in [-0.2, -0.15) is 0 Å². The number of hydrogen-bond acceptors (Lipinski definition) is 2. The van der Waals surface area contributed by atoms with Crippen LogP contribution in [0.3, 0.4) is 0 Å². The summed E-state index contributed by atoms with van der Waals surface area (Å²) in [6.07, 6.45) is 11.9. The smallest absolute Gasteiger partial charge is 0.222 e. The largest absolute Gasteiger partial charge is 0.339 e. The molecule has 3 nitrogen and oxygen atoms in total. The molecule has 0 spiro atoms. The second-order valence-corrected chi connectivity index (χ2v) is 5.94. The van der Waals surface area contributed by atoms with Crippen LogP contribution < -0.4 is 5.73 Å². The Morgan fingerprint density at radius 2 is 1.83 bits per heavy atom. The second-order valence-electron chi connectivity index (χ2n) is 5.94. The molecule has 1 atom stereocenters. The Balaban J connectivity index is 1.84. The van der Waals surface area contributed by atoms with Crippen molar-refractivity contribution in [3.8, 4) is 0 Å². The molecule has 2 aliphatic rings. The van der Waals surface area contributed by atoms with Gasteiger partial charge in [-0.15, -0.1) is 0 Å². The predicted molar refractivity (Wildman–Crippen MR) is 74.2 cm³/mol. The summed E-state index contributed by atoms with van der Waals surface area (Å²) in [4.78, 5) is 14.5. The average Bonchev–Trinajstić information content (AvgIpc) is 2.89. The number of amides is 1. The van der Waals surface area contributed by atoms with Crippen LogP contribution in [-0.2, 0) is 4.79 Å². The van der Waals surface area contributed by atoms with E-state index < -0.39 is 0 Å². The molecule has 1 saturated carbocycles. The fourth-order valence-electron chi connectivity index (χ4n) is 3.68. The van der Waals surface area contributed by atoms with Crippen LogP contribution in [0.2, 0.25) is 0 Å². The molecule has 2 N–H and O–H groups in total. The molecule has 2 fully saturated rings. The van der Waals surface area contributed by atoms with Crippen LogP contribution in [0, 0.1) is 5.92 Å². The lowest BCUT2D eigenvalue weighted by atomic mass is 9.83. The van der Waals surface area contributed by atoms with Crippen LogP contribution >= 0.6 is 0 Å². The lowest BCUT2D eigenvalue weighted by Gasteiger charge is -2.34. The maximum Gasteiger partial charge on any atom is 0.222 e. The highest BCUT2D eigenvalue weighted by Crippen LogP contribution is 2.34. The Labute approximate surface area is 111 Å². The van der Waals surface area contributed by atoms with Gasteiger partial charge in [-0.1, -0.05) is 19.3 Å². The van der Waals surface area contributed by atoms with Gasteiger partial charge in [-0.3, -0.25) is 4.79 Å². The first-order valence-corrected chi connectivity index (χ1v) is 7.82. The molecule has 1 saturated heterocycles. The first-order chi connectivity index (χ1) is 8.83. The maximum atomic E-state index is 12.3. The SMILES string of the molecule is NCCCCC(=O)N1CCCC1C1CCCCC1. The third-order valence-corrected chi connectivity index (χ3v) is 4.66. The molecular weight excluding hydrogens is 224 g/mol. The Kier molecular flexibility index (Phi) is 5.48. The normalized spacial score (nSPS) is 25.6. The third-order valence-electron chi connectivity index (χ3n) is 4.66. The number of hydrogen-bond donors (Lipinski definition) is 1. The summed E-state index contributed by atoms with van der Waals surface area (Å²) in [5, 5.41) is 0. The van der Waals surface area contributed by atoms with Gasteiger partial charge in [-0.05, 0) is 51.0 Å². The van der Waals surface area contributed by atoms with E-state index in [0.717, 1.165) is 25.3 Å². The molecule has 1 unspecified atom stereocenters. The molecule has 0 aromatic heterocycles. The number of nitrogens with two attached hydrogens (primary N) is 1. The van der Waals surface area contributed by atoms with Gasteiger partial charge in [0.15, 0.2) is 0 Å². The van der Waals surface area contributed by atoms with Crippen LogP contribution in [0.25, 0.3) is 0 Å². The number of likely N-dealkylation sites (tertiary alicyclic amines) is 1. The van der Waals surface area contributed by atoms with Crippen LogP contribution in [-0.4, -0.2) is 29.9 Å². The average molecular weight is 252 g/mol. The van der Waals surface area contributed by atoms with Crippen LogP contribution in [0.15, 0.2) is 0 Å². The number of carbonyl (C=O) groups excluding carboxylic acids is 1. The molecular formula is C15H28N2O. The summed E-state index contributed by atoms with van der Waals surface area (Å²) in [5.74, 6) is 1.18. The first-order valence-electron chi connectivity index (χ1n) is 7.82. The van der Waals surface area contributed by atoms with Crippen molar-refractivity contribution < 1.29 is 4.79 Å². The van der Waals surface area contributed by atoms with Crippen molar-refractivity contribution in [3.05, 3.63) is 0 Å². The van der Waals surface area contributed by atoms with Crippen molar-refractivity contribution in [1.29, 1.82) is 0 Å². The minimum Gasteiger partial charge on any atom is -0.339 e. The Bertz CT molecular complexity index is 261. The lowest BCUT2D eigenvalue weighted by Crippen LogP contribution is -2.40. The van der Waals surface area contributed by atoms with Gasteiger partial charge in [-0.25, -0.2) is 0 Å². The van der Waals surface area contributed by atoms with E-state index in [9.17, 15) is 4.79 Å². The van der Waals surface area contributed by atoms with Gasteiger partial charge in [0.25, 0.3) is 0 Å². The Hall–Kier alpha value is -0.570. The second kappa shape index (κ2) is 7.13. The van der Waals surface area contributed by atoms with Crippen molar-refractivity contribution in [1.82, 2.24) is 4.90 Å². The summed E-state index contributed by atoms with van der Waals surface area (Å²) in [6.45, 7) is 1.71. The van der Waals surface area contributed by atoms with E-state index in [1.165, 1.54) is 44.9 Å². The number of unbranched alkanes of at least 4 members (excludes halogenated alkanes) is 1. The van der Waals surface area contributed by atoms with Crippen molar-refractivity contribution in [2.75, 3.05) is 13.1 Å². The van der Waals surface area contributed by atoms with Gasteiger partial charge in [0, 0.05) is 19.0 Å². The number of nitrogens with zero attached hydrogens (tertiary/aromatic N) is 1. The molecule has 1 amide bonds. The van der Waals surface area contributed by atoms with Gasteiger partial charge in [0.05, 0.1) is 0 Å². The maximum absolute atomic E-state index is 12.3. The zero-order valence-electron chi connectivity index (χ0n) is 11.6. The Morgan fingerprint density at radius 1 is 1.06 bits per heavy atom. The lowest BCUT2D eigenvalue weighted by molar-refractivity contribution is -0.133. The van der Waals surface area contributed by atoms with E-state index in [4.69, 9.17) is 5.73 Å². The van der Waals surface area contributed by atoms with Crippen LogP contribution in [0.5, 0.6) is 0 Å². The molecule has 1 heterocycles. The van der Waals surface area contributed by atoms with Gasteiger partial charge >= 0.3 is 0 Å². The Morgan fingerprint density at radius 3 is 2.56 bits per heavy atom. The summed E-state index contributed by atoms with van der Waals surface area (Å²) < 4.78 is 0. The van der Waals surface area contributed by atoms with Gasteiger partial charge < -0.3 is 10.6 Å². The monoisotopic (exact) mass is 252 g/mol. The molecule has 0 aromatic rings. The molecule has 1 aliphatic carbocycles. The van der Waals surface area contributed by atoms with Crippen molar-refractivity contribution in [3.63, 3.8) is 0 Å². The fourth-order valence-corrected chi connectivity index (χ4v) is 3.68. The minimum absolute atomic E-state index is 0.386. The van der Waals surface area contributed by atoms with E-state index in [0.29, 0.717) is 24.9 Å². The van der Waals surface area contributed by atoms with Gasteiger partial charge in [0.1, 0.15) is 0 Å². The third kappa shape index (κ3) is 3.47. The quantitative estimate of drug-likeness (QED) is 0.765. The number of carbonyl (C=O) groups is 1. The van der Waals surface area contributed by atoms with E-state index in [2.05, 4.69) is 4.90 Å². The highest BCUT2D eigenvalue weighted by molar-refractivity contribution is 5.76. The van der Waals surface area contributed by atoms with Gasteiger partial charge in [0.2, 0.25) is 5.91 Å². The van der Waals surface area contributed by atoms with Crippen molar-refractivity contribution in [2.45, 2.75) is 70.3 Å². The molecule has 3 heteroatoms. The number of rotatable bonds is 5. The molecule has 2 rings (SSSR count). The fraction of sp³-hybridized carbons (Fsp3) is 0.933. The highest BCUT2D eigenvalue weighted by atomic mass is 16.2. The summed E-state index contributed by atoms with van der Waals surface area (Å²) in [6, 6.07) is 0.565. The summed E-state index contributed by atoms with van der Waals surface area (Å²) >= 11 is 0. The molecule has 0 radical (unpaired) electrons. The first kappa shape index (κ1) is 13.9. The highest BCUT2D eigenvalue weighted by Gasteiger charge is 2.34. The minimum atomic E-state index is 0.386. The van der Waals surface area contributed by atoms with E-state index in [1.807, 2.05) is 0 Å². The zero-order valence-corrected chi connectivity index (χ0v) is 11.6. The standard InChI is InChI=1S/C15H28N2O/c16-11-5-4-10-15(18)17-12-6-9-14(17)13-7-2-1-3-8-13/h13-14H,1-12,16H2. The topological polar surface area (TPSA) is 46.3 Å². The van der Waals surface area contributed by atoms with Crippen LogP contribution in [0.4, 0.5) is 0 Å². The van der Waals surface area contributed by atoms with Crippen LogP contribution in [0.1, 0.15) is 64.2 Å². The zero-order chi connectivity index (χ0) is 12.8. The van der Waals surface area contributed by atoms with Crippen molar-refractivity contribution in [2.24, 2.45) is 11.7 Å². The van der Waals surface area contributed by atoms with E-state index in [1.54, 1.807) is 0 Å². The van der Waals surface area contributed by atoms with Crippen molar-refractivity contribution >= 4 is 5.91 Å². The van der Waals surface area contributed by atoms with E-state index in [-0.39, 0.29) is 0 Å². The summed E-state index contributed by atoms with van der Waals surface area (Å²) in [7, 11) is 0. The predicted octanol–water partition coefficient (Wildman–Crippen LogP) is 2.69. The van der Waals surface area contributed by atoms with E-state index >= 15 is 0 Å². The summed E-state index contributed by atoms with van der Waals surface area (Å²) in [5.41, 5.74) is 5.49. The molecule has 104 valence electrons. The molecule has 1 aliphatic heterocycles. The molecule has 0 aromatic carbocycles. The molecule has 0 bridgehead atoms. The molecule has 18 heavy (non-hydrogen) atoms.